The molecule has 1 N–H and O–H groups in total. The van der Waals surface area contributed by atoms with Gasteiger partial charge in [-0.3, -0.25) is 4.79 Å². The first kappa shape index (κ1) is 16.3. The molecule has 2 aromatic rings. The number of nitrogens with one attached hydrogen (secondary N) is 1. The Labute approximate surface area is 140 Å². The Morgan fingerprint density at radius 2 is 2.00 bits per heavy atom. The van der Waals surface area contributed by atoms with Crippen LogP contribution in [0.3, 0.4) is 0 Å². The van der Waals surface area contributed by atoms with Gasteiger partial charge in [0.1, 0.15) is 23.7 Å². The van der Waals surface area contributed by atoms with Crippen molar-refractivity contribution in [1.82, 2.24) is 14.9 Å². The number of nitrogens with zero attached hydrogens (tertiary/aromatic N) is 4. The molecular weight excluding hydrogens is 309 g/mol. The van der Waals surface area contributed by atoms with Gasteiger partial charge in [-0.05, 0) is 24.7 Å². The number of anilines is 2. The monoisotopic (exact) mass is 329 g/mol. The van der Waals surface area contributed by atoms with Gasteiger partial charge >= 0.3 is 0 Å². The average Bonchev–Trinajstić information content (AvgIpc) is 2.62. The van der Waals surface area contributed by atoms with E-state index >= 15 is 0 Å². The number of hydrogen-bond donors (Lipinski definition) is 1. The highest BCUT2D eigenvalue weighted by atomic mass is 19.1. The van der Waals surface area contributed by atoms with E-state index in [1.54, 1.807) is 18.2 Å². The Morgan fingerprint density at radius 1 is 1.21 bits per heavy atom. The topological polar surface area (TPSA) is 61.4 Å². The lowest BCUT2D eigenvalue weighted by molar-refractivity contribution is 0.102. The minimum absolute atomic E-state index is 0.266. The first-order valence-electron chi connectivity index (χ1n) is 8.02. The molecule has 1 saturated heterocycles. The Morgan fingerprint density at radius 3 is 2.71 bits per heavy atom. The van der Waals surface area contributed by atoms with Crippen LogP contribution in [0.1, 0.15) is 17.4 Å². The summed E-state index contributed by atoms with van der Waals surface area (Å²) < 4.78 is 13.2. The molecule has 1 aliphatic rings. The van der Waals surface area contributed by atoms with Crippen LogP contribution in [0.4, 0.5) is 15.9 Å². The minimum Gasteiger partial charge on any atom is -0.354 e. The van der Waals surface area contributed by atoms with Crippen molar-refractivity contribution in [2.75, 3.05) is 42.9 Å². The summed E-state index contributed by atoms with van der Waals surface area (Å²) in [5.74, 6) is -0.0356. The van der Waals surface area contributed by atoms with Crippen LogP contribution in [0.15, 0.2) is 36.7 Å². The fourth-order valence-corrected chi connectivity index (χ4v) is 2.70. The first-order valence-corrected chi connectivity index (χ1v) is 8.02. The highest BCUT2D eigenvalue weighted by Crippen LogP contribution is 2.15. The van der Waals surface area contributed by atoms with E-state index < -0.39 is 5.82 Å². The molecule has 24 heavy (non-hydrogen) atoms. The molecule has 1 aliphatic heterocycles. The SMILES string of the molecule is CCN1CCN(c2cc(C(=O)Nc3cccc(F)c3)ncn2)CC1. The van der Waals surface area contributed by atoms with Gasteiger partial charge < -0.3 is 15.1 Å². The predicted octanol–water partition coefficient (Wildman–Crippen LogP) is 2.01. The Bertz CT molecular complexity index is 716. The van der Waals surface area contributed by atoms with Crippen molar-refractivity contribution in [2.24, 2.45) is 0 Å². The molecule has 6 nitrogen and oxygen atoms in total. The second kappa shape index (κ2) is 7.35. The molecular formula is C17H20FN5O. The fraction of sp³-hybridized carbons (Fsp3) is 0.353. The van der Waals surface area contributed by atoms with E-state index in [9.17, 15) is 9.18 Å². The lowest BCUT2D eigenvalue weighted by atomic mass is 10.2. The molecule has 1 amide bonds. The Balaban J connectivity index is 1.69. The lowest BCUT2D eigenvalue weighted by Gasteiger charge is -2.34. The van der Waals surface area contributed by atoms with E-state index in [1.165, 1.54) is 18.5 Å². The normalized spacial score (nSPS) is 15.3. The van der Waals surface area contributed by atoms with Crippen molar-refractivity contribution in [3.8, 4) is 0 Å². The average molecular weight is 329 g/mol. The second-order valence-corrected chi connectivity index (χ2v) is 5.65. The van der Waals surface area contributed by atoms with E-state index in [4.69, 9.17) is 0 Å². The van der Waals surface area contributed by atoms with Crippen LogP contribution in [0.5, 0.6) is 0 Å². The van der Waals surface area contributed by atoms with Gasteiger partial charge in [-0.15, -0.1) is 0 Å². The summed E-state index contributed by atoms with van der Waals surface area (Å²) in [6.07, 6.45) is 1.39. The number of rotatable bonds is 4. The number of carbonyl (C=O) groups is 1. The summed E-state index contributed by atoms with van der Waals surface area (Å²) in [5.41, 5.74) is 0.666. The van der Waals surface area contributed by atoms with Crippen LogP contribution in [0, 0.1) is 5.82 Å². The molecule has 1 aromatic carbocycles. The van der Waals surface area contributed by atoms with Gasteiger partial charge in [0.05, 0.1) is 0 Å². The number of piperazine rings is 1. The quantitative estimate of drug-likeness (QED) is 0.930. The summed E-state index contributed by atoms with van der Waals surface area (Å²) >= 11 is 0. The first-order chi connectivity index (χ1) is 11.7. The van der Waals surface area contributed by atoms with Gasteiger partial charge in [-0.25, -0.2) is 14.4 Å². The standard InChI is InChI=1S/C17H20FN5O/c1-2-22-6-8-23(9-7-22)16-11-15(19-12-20-16)17(24)21-14-5-3-4-13(18)10-14/h3-5,10-12H,2,6-9H2,1H3,(H,21,24). The third kappa shape index (κ3) is 3.86. The molecule has 1 aromatic heterocycles. The molecule has 7 heteroatoms. The van der Waals surface area contributed by atoms with Crippen LogP contribution in [-0.4, -0.2) is 53.5 Å². The molecule has 0 unspecified atom stereocenters. The number of aromatic nitrogens is 2. The largest absolute Gasteiger partial charge is 0.354 e. The minimum atomic E-state index is -0.398. The Hall–Kier alpha value is -2.54. The van der Waals surface area contributed by atoms with Crippen LogP contribution in [0.2, 0.25) is 0 Å². The molecule has 126 valence electrons. The van der Waals surface area contributed by atoms with Crippen molar-refractivity contribution in [3.05, 3.63) is 48.2 Å². The summed E-state index contributed by atoms with van der Waals surface area (Å²) in [5, 5.41) is 2.65. The van der Waals surface area contributed by atoms with E-state index in [2.05, 4.69) is 32.0 Å². The van der Waals surface area contributed by atoms with Crippen molar-refractivity contribution in [3.63, 3.8) is 0 Å². The molecule has 0 saturated carbocycles. The smallest absolute Gasteiger partial charge is 0.274 e. The number of likely N-dealkylation sites (N-methyl/N-ethyl adjacent to an activating group) is 1. The van der Waals surface area contributed by atoms with Crippen LogP contribution >= 0.6 is 0 Å². The van der Waals surface area contributed by atoms with Crippen molar-refractivity contribution >= 4 is 17.4 Å². The molecule has 0 spiro atoms. The van der Waals surface area contributed by atoms with Gasteiger partial charge in [0.2, 0.25) is 0 Å². The maximum Gasteiger partial charge on any atom is 0.274 e. The third-order valence-electron chi connectivity index (χ3n) is 4.11. The number of amides is 1. The third-order valence-corrected chi connectivity index (χ3v) is 4.11. The summed E-state index contributed by atoms with van der Waals surface area (Å²) in [4.78, 5) is 25.1. The highest BCUT2D eigenvalue weighted by molar-refractivity contribution is 6.03. The van der Waals surface area contributed by atoms with Crippen molar-refractivity contribution < 1.29 is 9.18 Å². The van der Waals surface area contributed by atoms with Gasteiger partial charge in [0.15, 0.2) is 0 Å². The zero-order valence-corrected chi connectivity index (χ0v) is 13.6. The molecule has 0 bridgehead atoms. The highest BCUT2D eigenvalue weighted by Gasteiger charge is 2.18. The lowest BCUT2D eigenvalue weighted by Crippen LogP contribution is -2.46. The van der Waals surface area contributed by atoms with Gasteiger partial charge in [0.25, 0.3) is 5.91 Å². The van der Waals surface area contributed by atoms with Gasteiger partial charge in [-0.1, -0.05) is 13.0 Å². The Kier molecular flexibility index (Phi) is 5.00. The molecule has 3 rings (SSSR count). The zero-order chi connectivity index (χ0) is 16.9. The number of hydrogen-bond acceptors (Lipinski definition) is 5. The second-order valence-electron chi connectivity index (χ2n) is 5.65. The summed E-state index contributed by atoms with van der Waals surface area (Å²) in [6.45, 7) is 6.89. The summed E-state index contributed by atoms with van der Waals surface area (Å²) in [7, 11) is 0. The van der Waals surface area contributed by atoms with Gasteiger partial charge in [0, 0.05) is 37.9 Å². The van der Waals surface area contributed by atoms with Crippen LogP contribution in [0.25, 0.3) is 0 Å². The van der Waals surface area contributed by atoms with E-state index in [0.717, 1.165) is 38.5 Å². The molecule has 0 aliphatic carbocycles. The maximum absolute atomic E-state index is 13.2. The molecule has 2 heterocycles. The molecule has 0 radical (unpaired) electrons. The fourth-order valence-electron chi connectivity index (χ4n) is 2.70. The van der Waals surface area contributed by atoms with Crippen LogP contribution < -0.4 is 10.2 Å². The molecule has 0 atom stereocenters. The van der Waals surface area contributed by atoms with Crippen LogP contribution in [-0.2, 0) is 0 Å². The van der Waals surface area contributed by atoms with E-state index in [1.807, 2.05) is 0 Å². The number of benzene rings is 1. The zero-order valence-electron chi connectivity index (χ0n) is 13.6. The molecule has 1 fully saturated rings. The summed E-state index contributed by atoms with van der Waals surface area (Å²) in [6, 6.07) is 7.45. The maximum atomic E-state index is 13.2. The van der Waals surface area contributed by atoms with Gasteiger partial charge in [-0.2, -0.15) is 0 Å². The number of carbonyl (C=O) groups excluding carboxylic acids is 1. The van der Waals surface area contributed by atoms with Crippen molar-refractivity contribution in [2.45, 2.75) is 6.92 Å². The van der Waals surface area contributed by atoms with E-state index in [-0.39, 0.29) is 11.6 Å². The predicted molar refractivity (Wildman–Crippen MR) is 90.7 cm³/mol. The van der Waals surface area contributed by atoms with E-state index in [0.29, 0.717) is 5.69 Å². The van der Waals surface area contributed by atoms with Crippen molar-refractivity contribution in [1.29, 1.82) is 0 Å². The number of halogens is 1.